The lowest BCUT2D eigenvalue weighted by Crippen LogP contribution is -2.38. The summed E-state index contributed by atoms with van der Waals surface area (Å²) in [5.41, 5.74) is 1.92. The van der Waals surface area contributed by atoms with E-state index in [1.807, 2.05) is 12.3 Å². The van der Waals surface area contributed by atoms with E-state index >= 15 is 0 Å². The second-order valence-corrected chi connectivity index (χ2v) is 5.95. The van der Waals surface area contributed by atoms with Gasteiger partial charge in [-0.1, -0.05) is 23.2 Å². The molecular formula is C15H19Cl2N3O2. The van der Waals surface area contributed by atoms with Crippen LogP contribution in [0.5, 0.6) is 0 Å². The van der Waals surface area contributed by atoms with E-state index in [0.29, 0.717) is 36.0 Å². The minimum atomic E-state index is -0.151. The van der Waals surface area contributed by atoms with Crippen LogP contribution < -0.4 is 5.32 Å². The first kappa shape index (κ1) is 16.9. The number of amides is 2. The summed E-state index contributed by atoms with van der Waals surface area (Å²) in [6.07, 6.45) is 3.12. The molecule has 0 unspecified atom stereocenters. The van der Waals surface area contributed by atoms with Gasteiger partial charge in [0.25, 0.3) is 0 Å². The lowest BCUT2D eigenvalue weighted by atomic mass is 10.1. The van der Waals surface area contributed by atoms with Crippen LogP contribution in [0.1, 0.15) is 12.0 Å². The van der Waals surface area contributed by atoms with Gasteiger partial charge in [0.2, 0.25) is 0 Å². The van der Waals surface area contributed by atoms with Crippen molar-refractivity contribution < 1.29 is 9.90 Å². The molecule has 0 saturated heterocycles. The summed E-state index contributed by atoms with van der Waals surface area (Å²) >= 11 is 12.2. The molecule has 1 aromatic heterocycles. The summed E-state index contributed by atoms with van der Waals surface area (Å²) in [6.45, 7) is 1.11. The van der Waals surface area contributed by atoms with Crippen molar-refractivity contribution in [2.45, 2.75) is 12.8 Å². The number of H-pyrrole nitrogens is 1. The highest BCUT2D eigenvalue weighted by Gasteiger charge is 2.11. The molecular weight excluding hydrogens is 325 g/mol. The number of urea groups is 1. The summed E-state index contributed by atoms with van der Waals surface area (Å²) in [5.74, 6) is 0. The topological polar surface area (TPSA) is 68.4 Å². The maximum Gasteiger partial charge on any atom is 0.317 e. The van der Waals surface area contributed by atoms with Gasteiger partial charge in [-0.05, 0) is 30.5 Å². The Morgan fingerprint density at radius 2 is 2.18 bits per heavy atom. The first-order valence-electron chi connectivity index (χ1n) is 7.07. The number of halogens is 2. The van der Waals surface area contributed by atoms with Gasteiger partial charge in [-0.2, -0.15) is 0 Å². The molecule has 120 valence electrons. The van der Waals surface area contributed by atoms with Crippen molar-refractivity contribution in [1.82, 2.24) is 15.2 Å². The molecule has 5 nitrogen and oxygen atoms in total. The predicted molar refractivity (Wildman–Crippen MR) is 89.8 cm³/mol. The number of carbonyl (C=O) groups excluding carboxylic acids is 1. The molecule has 0 spiro atoms. The fraction of sp³-hybridized carbons (Fsp3) is 0.400. The van der Waals surface area contributed by atoms with Gasteiger partial charge in [0.05, 0.1) is 5.02 Å². The van der Waals surface area contributed by atoms with Crippen molar-refractivity contribution in [3.63, 3.8) is 0 Å². The number of hydrogen-bond donors (Lipinski definition) is 3. The van der Waals surface area contributed by atoms with Crippen LogP contribution in [0, 0.1) is 0 Å². The van der Waals surface area contributed by atoms with Crippen molar-refractivity contribution in [1.29, 1.82) is 0 Å². The van der Waals surface area contributed by atoms with E-state index in [1.165, 1.54) is 0 Å². The molecule has 2 aromatic rings. The van der Waals surface area contributed by atoms with E-state index in [0.717, 1.165) is 16.5 Å². The van der Waals surface area contributed by atoms with Crippen molar-refractivity contribution in [3.05, 3.63) is 33.9 Å². The molecule has 0 saturated carbocycles. The predicted octanol–water partition coefficient (Wildman–Crippen LogP) is 3.04. The molecule has 0 fully saturated rings. The quantitative estimate of drug-likeness (QED) is 0.754. The number of aliphatic hydroxyl groups excluding tert-OH is 1. The second kappa shape index (κ2) is 7.72. The highest BCUT2D eigenvalue weighted by Crippen LogP contribution is 2.30. The number of aliphatic hydroxyl groups is 1. The fourth-order valence-corrected chi connectivity index (χ4v) is 2.91. The van der Waals surface area contributed by atoms with E-state index in [4.69, 9.17) is 28.3 Å². The van der Waals surface area contributed by atoms with Gasteiger partial charge < -0.3 is 20.3 Å². The van der Waals surface area contributed by atoms with Crippen LogP contribution in [-0.4, -0.2) is 47.8 Å². The van der Waals surface area contributed by atoms with Gasteiger partial charge in [-0.3, -0.25) is 0 Å². The summed E-state index contributed by atoms with van der Waals surface area (Å²) in [6, 6.07) is 3.39. The number of carbonyl (C=O) groups is 1. The van der Waals surface area contributed by atoms with Crippen molar-refractivity contribution in [3.8, 4) is 0 Å². The van der Waals surface area contributed by atoms with Crippen LogP contribution in [0.25, 0.3) is 10.9 Å². The molecule has 0 aliphatic rings. The number of nitrogens with zero attached hydrogens (tertiary/aromatic N) is 1. The second-order valence-electron chi connectivity index (χ2n) is 5.10. The lowest BCUT2D eigenvalue weighted by Gasteiger charge is -2.17. The highest BCUT2D eigenvalue weighted by molar-refractivity contribution is 6.38. The Balaban J connectivity index is 1.94. The maximum absolute atomic E-state index is 11.8. The molecule has 0 aliphatic heterocycles. The lowest BCUT2D eigenvalue weighted by molar-refractivity contribution is 0.201. The van der Waals surface area contributed by atoms with E-state index in [-0.39, 0.29) is 12.6 Å². The molecule has 3 N–H and O–H groups in total. The molecule has 7 heteroatoms. The Morgan fingerprint density at radius 1 is 1.41 bits per heavy atom. The molecule has 0 atom stereocenters. The normalized spacial score (nSPS) is 10.9. The third kappa shape index (κ3) is 4.06. The zero-order chi connectivity index (χ0) is 16.1. The largest absolute Gasteiger partial charge is 0.396 e. The van der Waals surface area contributed by atoms with Crippen molar-refractivity contribution in [2.24, 2.45) is 0 Å². The third-order valence-corrected chi connectivity index (χ3v) is 3.96. The number of rotatable bonds is 6. The summed E-state index contributed by atoms with van der Waals surface area (Å²) in [5, 5.41) is 13.7. The summed E-state index contributed by atoms with van der Waals surface area (Å²) in [4.78, 5) is 16.5. The average molecular weight is 344 g/mol. The van der Waals surface area contributed by atoms with Crippen LogP contribution in [0.4, 0.5) is 4.79 Å². The number of aromatic nitrogens is 1. The van der Waals surface area contributed by atoms with Crippen molar-refractivity contribution in [2.75, 3.05) is 26.7 Å². The minimum absolute atomic E-state index is 0.0774. The molecule has 22 heavy (non-hydrogen) atoms. The Labute approximate surface area is 139 Å². The van der Waals surface area contributed by atoms with Crippen LogP contribution >= 0.6 is 23.2 Å². The third-order valence-electron chi connectivity index (χ3n) is 3.45. The first-order chi connectivity index (χ1) is 10.5. The Hall–Kier alpha value is -1.43. The molecule has 2 rings (SSSR count). The monoisotopic (exact) mass is 343 g/mol. The highest BCUT2D eigenvalue weighted by atomic mass is 35.5. The van der Waals surface area contributed by atoms with Gasteiger partial charge in [-0.25, -0.2) is 4.79 Å². The number of nitrogens with one attached hydrogen (secondary N) is 2. The smallest absolute Gasteiger partial charge is 0.317 e. The number of hydrogen-bond acceptors (Lipinski definition) is 2. The van der Waals surface area contributed by atoms with Crippen molar-refractivity contribution >= 4 is 40.1 Å². The van der Waals surface area contributed by atoms with E-state index < -0.39 is 0 Å². The molecule has 1 aromatic carbocycles. The van der Waals surface area contributed by atoms with Gasteiger partial charge >= 0.3 is 6.03 Å². The van der Waals surface area contributed by atoms with E-state index in [1.54, 1.807) is 18.0 Å². The molecule has 0 bridgehead atoms. The minimum Gasteiger partial charge on any atom is -0.396 e. The average Bonchev–Trinajstić information content (AvgIpc) is 2.87. The van der Waals surface area contributed by atoms with Gasteiger partial charge in [0, 0.05) is 48.9 Å². The Bertz CT molecular complexity index is 658. The van der Waals surface area contributed by atoms with Gasteiger partial charge in [-0.15, -0.1) is 0 Å². The fourth-order valence-electron chi connectivity index (χ4n) is 2.30. The van der Waals surface area contributed by atoms with Crippen LogP contribution in [0.15, 0.2) is 18.3 Å². The summed E-state index contributed by atoms with van der Waals surface area (Å²) < 4.78 is 0. The SMILES string of the molecule is CN(CCCO)C(=O)NCCc1c[nH]c2cc(Cl)cc(Cl)c12. The maximum atomic E-state index is 11.8. The van der Waals surface area contributed by atoms with E-state index in [9.17, 15) is 4.79 Å². The van der Waals surface area contributed by atoms with Gasteiger partial charge in [0.15, 0.2) is 0 Å². The van der Waals surface area contributed by atoms with Crippen LogP contribution in [0.3, 0.4) is 0 Å². The van der Waals surface area contributed by atoms with E-state index in [2.05, 4.69) is 10.3 Å². The number of aromatic amines is 1. The van der Waals surface area contributed by atoms with Gasteiger partial charge in [0.1, 0.15) is 0 Å². The first-order valence-corrected chi connectivity index (χ1v) is 7.83. The number of benzene rings is 1. The van der Waals surface area contributed by atoms with Crippen LogP contribution in [0.2, 0.25) is 10.0 Å². The molecule has 0 radical (unpaired) electrons. The zero-order valence-corrected chi connectivity index (χ0v) is 13.8. The standard InChI is InChI=1S/C15H19Cl2N3O2/c1-20(5-2-6-21)15(22)18-4-3-10-9-19-13-8-11(16)7-12(17)14(10)13/h7-9,19,21H,2-6H2,1H3,(H,18,22). The van der Waals surface area contributed by atoms with Crippen LogP contribution in [-0.2, 0) is 6.42 Å². The Morgan fingerprint density at radius 3 is 2.91 bits per heavy atom. The molecule has 1 heterocycles. The Kier molecular flexibility index (Phi) is 5.94. The molecule has 0 aliphatic carbocycles. The number of fused-ring (bicyclic) bond motifs is 1. The summed E-state index contributed by atoms with van der Waals surface area (Å²) in [7, 11) is 1.70. The zero-order valence-electron chi connectivity index (χ0n) is 12.3. The molecule has 2 amide bonds.